The van der Waals surface area contributed by atoms with Gasteiger partial charge in [0.25, 0.3) is 5.91 Å². The molecule has 1 amide bonds. The average molecular weight is 263 g/mol. The van der Waals surface area contributed by atoms with Crippen LogP contribution in [0.15, 0.2) is 18.2 Å². The summed E-state index contributed by atoms with van der Waals surface area (Å²) in [4.78, 5) is 12.1. The summed E-state index contributed by atoms with van der Waals surface area (Å²) in [6.07, 6.45) is 5.47. The molecule has 0 aliphatic heterocycles. The van der Waals surface area contributed by atoms with E-state index in [9.17, 15) is 15.0 Å². The maximum atomic E-state index is 12.1. The second-order valence-electron chi connectivity index (χ2n) is 5.49. The SMILES string of the molecule is CC1CCCC(NC(=O)c2ccc(O)cc2O)CC1. The quantitative estimate of drug-likeness (QED) is 0.719. The highest BCUT2D eigenvalue weighted by molar-refractivity contribution is 5.97. The normalized spacial score (nSPS) is 23.6. The number of aromatic hydroxyl groups is 2. The summed E-state index contributed by atoms with van der Waals surface area (Å²) >= 11 is 0. The summed E-state index contributed by atoms with van der Waals surface area (Å²) in [5.74, 6) is 0.234. The number of rotatable bonds is 2. The van der Waals surface area contributed by atoms with Crippen molar-refractivity contribution in [2.24, 2.45) is 5.92 Å². The lowest BCUT2D eigenvalue weighted by molar-refractivity contribution is 0.0930. The molecule has 0 spiro atoms. The van der Waals surface area contributed by atoms with E-state index < -0.39 is 0 Å². The van der Waals surface area contributed by atoms with Crippen molar-refractivity contribution < 1.29 is 15.0 Å². The van der Waals surface area contributed by atoms with Crippen LogP contribution in [0, 0.1) is 5.92 Å². The van der Waals surface area contributed by atoms with Gasteiger partial charge in [0.15, 0.2) is 0 Å². The summed E-state index contributed by atoms with van der Waals surface area (Å²) in [7, 11) is 0. The van der Waals surface area contributed by atoms with Crippen LogP contribution in [0.25, 0.3) is 0 Å². The van der Waals surface area contributed by atoms with E-state index in [2.05, 4.69) is 12.2 Å². The van der Waals surface area contributed by atoms with Crippen molar-refractivity contribution in [2.75, 3.05) is 0 Å². The van der Waals surface area contributed by atoms with E-state index >= 15 is 0 Å². The molecule has 4 heteroatoms. The molecule has 1 saturated carbocycles. The zero-order chi connectivity index (χ0) is 13.8. The van der Waals surface area contributed by atoms with Crippen LogP contribution in [-0.4, -0.2) is 22.2 Å². The molecule has 2 atom stereocenters. The van der Waals surface area contributed by atoms with Crippen molar-refractivity contribution in [3.63, 3.8) is 0 Å². The number of carbonyl (C=O) groups is 1. The largest absolute Gasteiger partial charge is 0.508 e. The summed E-state index contributed by atoms with van der Waals surface area (Å²) < 4.78 is 0. The Labute approximate surface area is 113 Å². The van der Waals surface area contributed by atoms with Gasteiger partial charge < -0.3 is 15.5 Å². The second kappa shape index (κ2) is 5.95. The number of hydrogen-bond acceptors (Lipinski definition) is 3. The van der Waals surface area contributed by atoms with Crippen LogP contribution >= 0.6 is 0 Å². The van der Waals surface area contributed by atoms with E-state index in [1.807, 2.05) is 0 Å². The van der Waals surface area contributed by atoms with Crippen molar-refractivity contribution in [2.45, 2.75) is 45.1 Å². The lowest BCUT2D eigenvalue weighted by atomic mass is 10.0. The Bertz CT molecular complexity index is 459. The number of carbonyl (C=O) groups excluding carboxylic acids is 1. The first-order chi connectivity index (χ1) is 9.06. The van der Waals surface area contributed by atoms with Gasteiger partial charge in [0.1, 0.15) is 11.5 Å². The molecule has 19 heavy (non-hydrogen) atoms. The molecule has 1 aromatic rings. The third kappa shape index (κ3) is 3.63. The van der Waals surface area contributed by atoms with E-state index in [0.717, 1.165) is 31.6 Å². The van der Waals surface area contributed by atoms with Crippen molar-refractivity contribution in [1.29, 1.82) is 0 Å². The van der Waals surface area contributed by atoms with Crippen LogP contribution in [0.4, 0.5) is 0 Å². The Kier molecular flexibility index (Phi) is 4.30. The first kappa shape index (κ1) is 13.7. The Morgan fingerprint density at radius 1 is 1.21 bits per heavy atom. The fraction of sp³-hybridized carbons (Fsp3) is 0.533. The van der Waals surface area contributed by atoms with Crippen LogP contribution in [0.2, 0.25) is 0 Å². The number of hydrogen-bond donors (Lipinski definition) is 3. The summed E-state index contributed by atoms with van der Waals surface area (Å²) in [5, 5.41) is 21.9. The minimum Gasteiger partial charge on any atom is -0.508 e. The first-order valence-corrected chi connectivity index (χ1v) is 6.89. The Morgan fingerprint density at radius 2 is 2.00 bits per heavy atom. The fourth-order valence-electron chi connectivity index (χ4n) is 2.61. The van der Waals surface area contributed by atoms with Crippen molar-refractivity contribution >= 4 is 5.91 Å². The molecule has 1 fully saturated rings. The van der Waals surface area contributed by atoms with Crippen molar-refractivity contribution in [3.8, 4) is 11.5 Å². The maximum Gasteiger partial charge on any atom is 0.255 e. The maximum absolute atomic E-state index is 12.1. The molecule has 4 nitrogen and oxygen atoms in total. The fourth-order valence-corrected chi connectivity index (χ4v) is 2.61. The molecule has 2 rings (SSSR count). The highest BCUT2D eigenvalue weighted by Gasteiger charge is 2.20. The van der Waals surface area contributed by atoms with Gasteiger partial charge in [-0.15, -0.1) is 0 Å². The number of nitrogens with one attached hydrogen (secondary N) is 1. The molecule has 0 bridgehead atoms. The lowest BCUT2D eigenvalue weighted by Crippen LogP contribution is -2.34. The Morgan fingerprint density at radius 3 is 2.74 bits per heavy atom. The van der Waals surface area contributed by atoms with Gasteiger partial charge in [-0.25, -0.2) is 0 Å². The van der Waals surface area contributed by atoms with Crippen LogP contribution in [-0.2, 0) is 0 Å². The zero-order valence-electron chi connectivity index (χ0n) is 11.2. The number of phenols is 2. The van der Waals surface area contributed by atoms with Crippen LogP contribution in [0.5, 0.6) is 11.5 Å². The average Bonchev–Trinajstić information content (AvgIpc) is 2.54. The first-order valence-electron chi connectivity index (χ1n) is 6.89. The molecular formula is C15H21NO3. The molecule has 1 aromatic carbocycles. The molecule has 1 aliphatic carbocycles. The second-order valence-corrected chi connectivity index (χ2v) is 5.49. The van der Waals surface area contributed by atoms with Gasteiger partial charge in [0.2, 0.25) is 0 Å². The van der Waals surface area contributed by atoms with E-state index in [1.54, 1.807) is 0 Å². The van der Waals surface area contributed by atoms with Gasteiger partial charge in [-0.3, -0.25) is 4.79 Å². The lowest BCUT2D eigenvalue weighted by Gasteiger charge is -2.17. The van der Waals surface area contributed by atoms with Gasteiger partial charge in [-0.2, -0.15) is 0 Å². The minimum absolute atomic E-state index is 0.0441. The molecule has 2 unspecified atom stereocenters. The smallest absolute Gasteiger partial charge is 0.255 e. The summed E-state index contributed by atoms with van der Waals surface area (Å²) in [6.45, 7) is 2.25. The van der Waals surface area contributed by atoms with Crippen molar-refractivity contribution in [3.05, 3.63) is 23.8 Å². The molecular weight excluding hydrogens is 242 g/mol. The van der Waals surface area contributed by atoms with Crippen molar-refractivity contribution in [1.82, 2.24) is 5.32 Å². The van der Waals surface area contributed by atoms with Crippen LogP contribution in [0.3, 0.4) is 0 Å². The minimum atomic E-state index is -0.267. The molecule has 0 heterocycles. The highest BCUT2D eigenvalue weighted by atomic mass is 16.3. The number of phenolic OH excluding ortho intramolecular Hbond substituents is 2. The topological polar surface area (TPSA) is 69.6 Å². The Hall–Kier alpha value is -1.71. The highest BCUT2D eigenvalue weighted by Crippen LogP contribution is 2.25. The van der Waals surface area contributed by atoms with Gasteiger partial charge in [0, 0.05) is 12.1 Å². The van der Waals surface area contributed by atoms with E-state index in [0.29, 0.717) is 0 Å². The number of benzene rings is 1. The Balaban J connectivity index is 2.00. The molecule has 3 N–H and O–H groups in total. The standard InChI is InChI=1S/C15H21NO3/c1-10-3-2-4-11(6-5-10)16-15(19)13-8-7-12(17)9-14(13)18/h7-11,17-18H,2-6H2,1H3,(H,16,19). The molecule has 104 valence electrons. The van der Waals surface area contributed by atoms with Gasteiger partial charge in [-0.05, 0) is 37.3 Å². The third-order valence-electron chi connectivity index (χ3n) is 3.82. The predicted octanol–water partition coefficient (Wildman–Crippen LogP) is 2.80. The monoisotopic (exact) mass is 263 g/mol. The van der Waals surface area contributed by atoms with Gasteiger partial charge in [-0.1, -0.05) is 19.8 Å². The van der Waals surface area contributed by atoms with E-state index in [1.165, 1.54) is 24.6 Å². The molecule has 0 saturated heterocycles. The molecule has 1 aliphatic rings. The molecule has 0 radical (unpaired) electrons. The summed E-state index contributed by atoms with van der Waals surface area (Å²) in [6, 6.07) is 4.22. The van der Waals surface area contributed by atoms with Crippen LogP contribution < -0.4 is 5.32 Å². The molecule has 0 aromatic heterocycles. The van der Waals surface area contributed by atoms with E-state index in [4.69, 9.17) is 0 Å². The number of amides is 1. The third-order valence-corrected chi connectivity index (χ3v) is 3.82. The zero-order valence-corrected chi connectivity index (χ0v) is 11.2. The predicted molar refractivity (Wildman–Crippen MR) is 73.3 cm³/mol. The summed E-state index contributed by atoms with van der Waals surface area (Å²) in [5.41, 5.74) is 0.218. The van der Waals surface area contributed by atoms with Crippen LogP contribution in [0.1, 0.15) is 49.4 Å². The van der Waals surface area contributed by atoms with E-state index in [-0.39, 0.29) is 29.0 Å². The van der Waals surface area contributed by atoms with Gasteiger partial charge >= 0.3 is 0 Å². The van der Waals surface area contributed by atoms with Gasteiger partial charge in [0.05, 0.1) is 5.56 Å².